The second-order valence-electron chi connectivity index (χ2n) is 4.39. The number of nitriles is 1. The molecule has 4 nitrogen and oxygen atoms in total. The molecule has 0 saturated heterocycles. The first-order chi connectivity index (χ1) is 10.5. The molecule has 0 aromatic heterocycles. The highest BCUT2D eigenvalue weighted by Gasteiger charge is 2.13. The lowest BCUT2D eigenvalue weighted by Gasteiger charge is -2.13. The zero-order chi connectivity index (χ0) is 17.0. The van der Waals surface area contributed by atoms with Gasteiger partial charge in [0.1, 0.15) is 17.4 Å². The zero-order valence-corrected chi connectivity index (χ0v) is 14.5. The number of carbonyl (C=O) groups is 1. The maximum Gasteiger partial charge on any atom is 0.238 e. The van der Waals surface area contributed by atoms with Crippen molar-refractivity contribution in [1.82, 2.24) is 4.90 Å². The first-order valence-corrected chi connectivity index (χ1v) is 8.11. The Balaban J connectivity index is 0.000000534. The van der Waals surface area contributed by atoms with Crippen LogP contribution in [0.3, 0.4) is 0 Å². The molecule has 0 spiro atoms. The second kappa shape index (κ2) is 11.8. The lowest BCUT2D eigenvalue weighted by Crippen LogP contribution is -2.21. The van der Waals surface area contributed by atoms with Crippen molar-refractivity contribution < 1.29 is 9.90 Å². The molecule has 1 rings (SSSR count). The van der Waals surface area contributed by atoms with Crippen LogP contribution in [0.2, 0.25) is 0 Å². The number of allylic oxidation sites excluding steroid dienone is 1. The fraction of sp³-hybridized carbons (Fsp3) is 0.412. The van der Waals surface area contributed by atoms with Crippen molar-refractivity contribution in [3.8, 4) is 6.07 Å². The van der Waals surface area contributed by atoms with Crippen LogP contribution in [-0.4, -0.2) is 34.8 Å². The van der Waals surface area contributed by atoms with E-state index in [0.717, 1.165) is 16.7 Å². The highest BCUT2D eigenvalue weighted by molar-refractivity contribution is 8.14. The number of hydrogen-bond donors (Lipinski definition) is 1. The van der Waals surface area contributed by atoms with Crippen molar-refractivity contribution in [3.05, 3.63) is 41.7 Å². The minimum Gasteiger partial charge on any atom is -0.511 e. The van der Waals surface area contributed by atoms with Crippen molar-refractivity contribution in [1.29, 1.82) is 5.26 Å². The molecule has 0 radical (unpaired) electrons. The normalized spacial score (nSPS) is 11.1. The van der Waals surface area contributed by atoms with Crippen molar-refractivity contribution in [2.75, 3.05) is 19.6 Å². The zero-order valence-electron chi connectivity index (χ0n) is 13.7. The third-order valence-corrected chi connectivity index (χ3v) is 3.87. The van der Waals surface area contributed by atoms with Crippen molar-refractivity contribution >= 4 is 16.9 Å². The molecular formula is C17H24N2O2S. The minimum absolute atomic E-state index is 0.205. The number of hydrogen-bond acceptors (Lipinski definition) is 5. The number of aliphatic hydroxyl groups excluding tert-OH is 1. The molecule has 22 heavy (non-hydrogen) atoms. The summed E-state index contributed by atoms with van der Waals surface area (Å²) < 4.78 is 0. The minimum atomic E-state index is -0.441. The fourth-order valence-electron chi connectivity index (χ4n) is 1.59. The Morgan fingerprint density at radius 1 is 1.18 bits per heavy atom. The van der Waals surface area contributed by atoms with E-state index in [1.807, 2.05) is 6.07 Å². The van der Waals surface area contributed by atoms with Crippen LogP contribution in [-0.2, 0) is 4.79 Å². The molecule has 1 aromatic carbocycles. The van der Waals surface area contributed by atoms with E-state index >= 15 is 0 Å². The van der Waals surface area contributed by atoms with Crippen LogP contribution >= 0.6 is 11.8 Å². The van der Waals surface area contributed by atoms with Crippen molar-refractivity contribution in [2.24, 2.45) is 0 Å². The number of carbonyl (C=O) groups excluding carboxylic acids is 1. The predicted octanol–water partition coefficient (Wildman–Crippen LogP) is 4.01. The van der Waals surface area contributed by atoms with E-state index in [0.29, 0.717) is 0 Å². The average molecular weight is 320 g/mol. The molecule has 120 valence electrons. The first kappa shape index (κ1) is 20.2. The predicted molar refractivity (Wildman–Crippen MR) is 91.7 cm³/mol. The van der Waals surface area contributed by atoms with Gasteiger partial charge in [-0.1, -0.05) is 39.0 Å². The van der Waals surface area contributed by atoms with Gasteiger partial charge in [0.25, 0.3) is 0 Å². The van der Waals surface area contributed by atoms with E-state index < -0.39 is 5.12 Å². The van der Waals surface area contributed by atoms with Crippen LogP contribution in [0, 0.1) is 11.3 Å². The Morgan fingerprint density at radius 3 is 2.00 bits per heavy atom. The molecule has 0 heterocycles. The molecule has 0 bridgehead atoms. The third-order valence-electron chi connectivity index (χ3n) is 2.97. The summed E-state index contributed by atoms with van der Waals surface area (Å²) in [5.74, 6) is -0.245. The van der Waals surface area contributed by atoms with Gasteiger partial charge in [-0.2, -0.15) is 5.26 Å². The summed E-state index contributed by atoms with van der Waals surface area (Å²) in [5.41, 5.74) is -0.205. The molecular weight excluding hydrogens is 296 g/mol. The van der Waals surface area contributed by atoms with Crippen LogP contribution < -0.4 is 0 Å². The average Bonchev–Trinajstić information content (AvgIpc) is 2.51. The van der Waals surface area contributed by atoms with Crippen LogP contribution in [0.1, 0.15) is 27.7 Å². The van der Waals surface area contributed by atoms with E-state index in [2.05, 4.69) is 25.7 Å². The Hall–Kier alpha value is -1.77. The van der Waals surface area contributed by atoms with Crippen LogP contribution in [0.25, 0.3) is 0 Å². The topological polar surface area (TPSA) is 64.3 Å². The third kappa shape index (κ3) is 7.87. The fourth-order valence-corrected chi connectivity index (χ4v) is 2.39. The molecule has 0 unspecified atom stereocenters. The second-order valence-corrected chi connectivity index (χ2v) is 5.44. The smallest absolute Gasteiger partial charge is 0.238 e. The van der Waals surface area contributed by atoms with E-state index in [1.165, 1.54) is 26.6 Å². The molecule has 5 heteroatoms. The summed E-state index contributed by atoms with van der Waals surface area (Å²) in [7, 11) is 0. The molecule has 1 N–H and O–H groups in total. The molecule has 0 fully saturated rings. The van der Waals surface area contributed by atoms with Gasteiger partial charge in [0.15, 0.2) is 0 Å². The molecule has 0 saturated carbocycles. The van der Waals surface area contributed by atoms with Crippen LogP contribution in [0.5, 0.6) is 0 Å². The summed E-state index contributed by atoms with van der Waals surface area (Å²) in [6, 6.07) is 10.7. The van der Waals surface area contributed by atoms with E-state index in [-0.39, 0.29) is 11.3 Å². The van der Waals surface area contributed by atoms with Gasteiger partial charge < -0.3 is 10.0 Å². The van der Waals surface area contributed by atoms with Gasteiger partial charge in [0, 0.05) is 4.90 Å². The lowest BCUT2D eigenvalue weighted by atomic mass is 10.3. The Kier molecular flexibility index (Phi) is 10.9. The van der Waals surface area contributed by atoms with E-state index in [4.69, 9.17) is 10.4 Å². The van der Waals surface area contributed by atoms with Gasteiger partial charge in [-0.3, -0.25) is 4.79 Å². The molecule has 0 aliphatic carbocycles. The molecule has 1 aromatic rings. The first-order valence-electron chi connectivity index (χ1n) is 7.29. The number of nitrogens with zero attached hydrogens (tertiary/aromatic N) is 2. The SMILES string of the molecule is CC(O)=C(C#N)C(=O)Sc1ccccc1.CCN(CC)CC. The number of aliphatic hydroxyl groups is 1. The highest BCUT2D eigenvalue weighted by Crippen LogP contribution is 2.22. The number of rotatable bonds is 5. The standard InChI is InChI=1S/C11H9NO2S.C6H15N/c1-8(13)10(7-12)11(14)15-9-5-3-2-4-6-9;1-4-7(5-2)6-3/h2-6,13H,1H3;4-6H2,1-3H3. The van der Waals surface area contributed by atoms with Crippen molar-refractivity contribution in [2.45, 2.75) is 32.6 Å². The van der Waals surface area contributed by atoms with Crippen LogP contribution in [0.15, 0.2) is 46.6 Å². The molecule has 0 amide bonds. The van der Waals surface area contributed by atoms with Gasteiger partial charge in [-0.05, 0) is 50.5 Å². The van der Waals surface area contributed by atoms with Gasteiger partial charge in [-0.25, -0.2) is 0 Å². The lowest BCUT2D eigenvalue weighted by molar-refractivity contribution is -0.107. The molecule has 0 aliphatic rings. The summed E-state index contributed by atoms with van der Waals surface area (Å²) in [6.07, 6.45) is 0. The largest absolute Gasteiger partial charge is 0.511 e. The van der Waals surface area contributed by atoms with Gasteiger partial charge in [0.2, 0.25) is 5.12 Å². The summed E-state index contributed by atoms with van der Waals surface area (Å²) in [4.78, 5) is 14.6. The van der Waals surface area contributed by atoms with Gasteiger partial charge >= 0.3 is 0 Å². The van der Waals surface area contributed by atoms with Gasteiger partial charge in [-0.15, -0.1) is 0 Å². The summed E-state index contributed by atoms with van der Waals surface area (Å²) in [5, 5.41) is 17.3. The number of thioether (sulfide) groups is 1. The summed E-state index contributed by atoms with van der Waals surface area (Å²) in [6.45, 7) is 11.4. The maximum atomic E-state index is 11.5. The van der Waals surface area contributed by atoms with E-state index in [1.54, 1.807) is 30.3 Å². The van der Waals surface area contributed by atoms with Gasteiger partial charge in [0.05, 0.1) is 0 Å². The Morgan fingerprint density at radius 2 is 1.68 bits per heavy atom. The van der Waals surface area contributed by atoms with Crippen LogP contribution in [0.4, 0.5) is 0 Å². The maximum absolute atomic E-state index is 11.5. The number of benzene rings is 1. The van der Waals surface area contributed by atoms with Crippen molar-refractivity contribution in [3.63, 3.8) is 0 Å². The Labute approximate surface area is 137 Å². The summed E-state index contributed by atoms with van der Waals surface area (Å²) >= 11 is 0.925. The monoisotopic (exact) mass is 320 g/mol. The molecule has 0 aliphatic heterocycles. The Bertz CT molecular complexity index is 508. The quantitative estimate of drug-likeness (QED) is 0.384. The highest BCUT2D eigenvalue weighted by atomic mass is 32.2. The van der Waals surface area contributed by atoms with E-state index in [9.17, 15) is 4.79 Å². The molecule has 0 atom stereocenters.